The first-order chi connectivity index (χ1) is 5.43. The molecular weight excluding hydrogens is 140 g/mol. The average Bonchev–Trinajstić information content (AvgIpc) is 2.07. The summed E-state index contributed by atoms with van der Waals surface area (Å²) in [5, 5.41) is 0. The van der Waals surface area contributed by atoms with Gasteiger partial charge in [0.25, 0.3) is 0 Å². The summed E-state index contributed by atoms with van der Waals surface area (Å²) >= 11 is 0. The Hall–Kier alpha value is -0.860. The Kier molecular flexibility index (Phi) is 3.65. The monoisotopic (exact) mass is 151 g/mol. The Morgan fingerprint density at radius 1 is 1.45 bits per heavy atom. The number of ether oxygens (including phenoxy) is 2. The van der Waals surface area contributed by atoms with Crippen LogP contribution >= 0.6 is 0 Å². The maximum atomic E-state index is 5.12. The molecular formula is C9H11O2. The fraction of sp³-hybridized carbons (Fsp3) is 0.333. The highest BCUT2D eigenvalue weighted by molar-refractivity contribution is 5.11. The van der Waals surface area contributed by atoms with Crippen molar-refractivity contribution in [2.24, 2.45) is 0 Å². The highest BCUT2D eigenvalue weighted by atomic mass is 16.7. The van der Waals surface area contributed by atoms with E-state index >= 15 is 0 Å². The second-order valence-electron chi connectivity index (χ2n) is 2.14. The highest BCUT2D eigenvalue weighted by Gasteiger charge is 1.89. The number of hydrogen-bond donors (Lipinski definition) is 0. The van der Waals surface area contributed by atoms with Crippen molar-refractivity contribution in [2.45, 2.75) is 6.61 Å². The Labute approximate surface area is 66.8 Å². The van der Waals surface area contributed by atoms with Crippen LogP contribution in [0.25, 0.3) is 0 Å². The van der Waals surface area contributed by atoms with Crippen molar-refractivity contribution >= 4 is 0 Å². The summed E-state index contributed by atoms with van der Waals surface area (Å²) in [4.78, 5) is 0. The quantitative estimate of drug-likeness (QED) is 0.480. The average molecular weight is 151 g/mol. The third kappa shape index (κ3) is 3.16. The molecule has 0 N–H and O–H groups in total. The third-order valence-electron chi connectivity index (χ3n) is 1.23. The molecule has 0 aliphatic heterocycles. The van der Waals surface area contributed by atoms with Crippen molar-refractivity contribution in [1.82, 2.24) is 0 Å². The van der Waals surface area contributed by atoms with Gasteiger partial charge in [0.1, 0.15) is 6.79 Å². The second kappa shape index (κ2) is 4.88. The molecule has 11 heavy (non-hydrogen) atoms. The topological polar surface area (TPSA) is 18.5 Å². The molecule has 2 nitrogen and oxygen atoms in total. The molecule has 1 aromatic carbocycles. The van der Waals surface area contributed by atoms with E-state index in [0.717, 1.165) is 5.56 Å². The number of hydrogen-bond acceptors (Lipinski definition) is 2. The molecule has 0 amide bonds. The maximum Gasteiger partial charge on any atom is 0.146 e. The number of methoxy groups -OCH3 is 1. The lowest BCUT2D eigenvalue weighted by atomic mass is 10.2. The molecule has 0 fully saturated rings. The Balaban J connectivity index is 2.28. The summed E-state index contributed by atoms with van der Waals surface area (Å²) in [6.45, 7) is 0.900. The van der Waals surface area contributed by atoms with E-state index in [1.807, 2.05) is 24.3 Å². The van der Waals surface area contributed by atoms with Gasteiger partial charge in [0.05, 0.1) is 6.61 Å². The lowest BCUT2D eigenvalue weighted by Gasteiger charge is -2.00. The van der Waals surface area contributed by atoms with Crippen molar-refractivity contribution in [1.29, 1.82) is 0 Å². The van der Waals surface area contributed by atoms with E-state index < -0.39 is 0 Å². The predicted octanol–water partition coefficient (Wildman–Crippen LogP) is 1.61. The Morgan fingerprint density at radius 2 is 2.36 bits per heavy atom. The van der Waals surface area contributed by atoms with Crippen molar-refractivity contribution in [2.75, 3.05) is 13.9 Å². The maximum absolute atomic E-state index is 5.12. The van der Waals surface area contributed by atoms with Gasteiger partial charge in [0.2, 0.25) is 0 Å². The van der Waals surface area contributed by atoms with Gasteiger partial charge in [-0.3, -0.25) is 0 Å². The van der Waals surface area contributed by atoms with E-state index in [9.17, 15) is 0 Å². The zero-order chi connectivity index (χ0) is 7.94. The number of rotatable bonds is 4. The molecule has 0 atom stereocenters. The lowest BCUT2D eigenvalue weighted by molar-refractivity contribution is -0.0391. The van der Waals surface area contributed by atoms with E-state index in [-0.39, 0.29) is 0 Å². The van der Waals surface area contributed by atoms with Gasteiger partial charge in [-0.25, -0.2) is 0 Å². The van der Waals surface area contributed by atoms with Gasteiger partial charge in [0, 0.05) is 7.11 Å². The van der Waals surface area contributed by atoms with E-state index in [1.54, 1.807) is 7.11 Å². The SMILES string of the molecule is COCOCc1[c]cccc1. The first kappa shape index (κ1) is 8.24. The van der Waals surface area contributed by atoms with Crippen molar-refractivity contribution in [3.8, 4) is 0 Å². The van der Waals surface area contributed by atoms with Crippen LogP contribution in [-0.2, 0) is 16.1 Å². The molecule has 0 aromatic heterocycles. The van der Waals surface area contributed by atoms with Gasteiger partial charge < -0.3 is 9.47 Å². The van der Waals surface area contributed by atoms with Crippen LogP contribution in [-0.4, -0.2) is 13.9 Å². The van der Waals surface area contributed by atoms with E-state index in [0.29, 0.717) is 13.4 Å². The summed E-state index contributed by atoms with van der Waals surface area (Å²) in [5.41, 5.74) is 1.05. The first-order valence-corrected chi connectivity index (χ1v) is 3.46. The molecule has 0 aliphatic carbocycles. The van der Waals surface area contributed by atoms with Gasteiger partial charge in [-0.1, -0.05) is 24.3 Å². The minimum absolute atomic E-state index is 0.336. The zero-order valence-corrected chi connectivity index (χ0v) is 6.54. The first-order valence-electron chi connectivity index (χ1n) is 3.46. The molecule has 0 heterocycles. The summed E-state index contributed by atoms with van der Waals surface area (Å²) < 4.78 is 9.84. The smallest absolute Gasteiger partial charge is 0.146 e. The molecule has 0 bridgehead atoms. The van der Waals surface area contributed by atoms with Crippen molar-refractivity contribution in [3.63, 3.8) is 0 Å². The van der Waals surface area contributed by atoms with Gasteiger partial charge in [-0.2, -0.15) is 0 Å². The van der Waals surface area contributed by atoms with Gasteiger partial charge in [-0.05, 0) is 11.6 Å². The summed E-state index contributed by atoms with van der Waals surface area (Å²) in [6, 6.07) is 10.8. The van der Waals surface area contributed by atoms with Crippen LogP contribution in [0.5, 0.6) is 0 Å². The van der Waals surface area contributed by atoms with Crippen molar-refractivity contribution < 1.29 is 9.47 Å². The summed E-state index contributed by atoms with van der Waals surface area (Å²) in [7, 11) is 1.61. The molecule has 1 radical (unpaired) electrons. The van der Waals surface area contributed by atoms with Crippen LogP contribution in [0.1, 0.15) is 5.56 Å². The highest BCUT2D eigenvalue weighted by Crippen LogP contribution is 1.98. The van der Waals surface area contributed by atoms with Crippen LogP contribution < -0.4 is 0 Å². The minimum Gasteiger partial charge on any atom is -0.359 e. The van der Waals surface area contributed by atoms with Crippen LogP contribution in [0.4, 0.5) is 0 Å². The number of benzene rings is 1. The molecule has 1 aromatic rings. The second-order valence-corrected chi connectivity index (χ2v) is 2.14. The summed E-state index contributed by atoms with van der Waals surface area (Å²) in [5.74, 6) is 0. The van der Waals surface area contributed by atoms with E-state index in [4.69, 9.17) is 9.47 Å². The van der Waals surface area contributed by atoms with Gasteiger partial charge in [-0.15, -0.1) is 0 Å². The van der Waals surface area contributed by atoms with Crippen LogP contribution in [0.2, 0.25) is 0 Å². The van der Waals surface area contributed by atoms with Crippen LogP contribution in [0, 0.1) is 6.07 Å². The van der Waals surface area contributed by atoms with Gasteiger partial charge >= 0.3 is 0 Å². The molecule has 1 rings (SSSR count). The van der Waals surface area contributed by atoms with E-state index in [1.165, 1.54) is 0 Å². The summed E-state index contributed by atoms with van der Waals surface area (Å²) in [6.07, 6.45) is 0. The molecule has 0 saturated carbocycles. The molecule has 0 unspecified atom stereocenters. The molecule has 0 saturated heterocycles. The standard InChI is InChI=1S/C9H11O2/c1-10-8-11-7-9-5-3-2-4-6-9/h2-5H,7-8H2,1H3. The molecule has 2 heteroatoms. The van der Waals surface area contributed by atoms with Crippen molar-refractivity contribution in [3.05, 3.63) is 35.9 Å². The Morgan fingerprint density at radius 3 is 3.00 bits per heavy atom. The van der Waals surface area contributed by atoms with E-state index in [2.05, 4.69) is 6.07 Å². The molecule has 0 spiro atoms. The molecule has 0 aliphatic rings. The largest absolute Gasteiger partial charge is 0.359 e. The predicted molar refractivity (Wildman–Crippen MR) is 41.9 cm³/mol. The Bertz CT molecular complexity index is 184. The van der Waals surface area contributed by atoms with Crippen LogP contribution in [0.3, 0.4) is 0 Å². The van der Waals surface area contributed by atoms with Gasteiger partial charge in [0.15, 0.2) is 0 Å². The minimum atomic E-state index is 0.336. The lowest BCUT2D eigenvalue weighted by Crippen LogP contribution is -1.96. The third-order valence-corrected chi connectivity index (χ3v) is 1.23. The zero-order valence-electron chi connectivity index (χ0n) is 6.54. The fourth-order valence-corrected chi connectivity index (χ4v) is 0.755. The molecule has 59 valence electrons. The van der Waals surface area contributed by atoms with Crippen LogP contribution in [0.15, 0.2) is 24.3 Å². The fourth-order valence-electron chi connectivity index (χ4n) is 0.755. The normalized spacial score (nSPS) is 9.91.